The molecule has 6 heteroatoms. The number of hydrogen-bond donors (Lipinski definition) is 0. The van der Waals surface area contributed by atoms with Gasteiger partial charge in [-0.25, -0.2) is 9.97 Å². The van der Waals surface area contributed by atoms with Crippen LogP contribution in [0.2, 0.25) is 5.15 Å². The molecule has 1 aromatic carbocycles. The molecule has 0 amide bonds. The Morgan fingerprint density at radius 3 is 2.57 bits per heavy atom. The van der Waals surface area contributed by atoms with Gasteiger partial charge in [-0.15, -0.1) is 0 Å². The van der Waals surface area contributed by atoms with Crippen LogP contribution in [0.5, 0.6) is 11.6 Å². The maximum atomic E-state index is 5.82. The maximum Gasteiger partial charge on any atom is 0.223 e. The molecule has 0 N–H and O–H groups in total. The molecule has 21 heavy (non-hydrogen) atoms. The first-order valence-corrected chi connectivity index (χ1v) is 6.52. The van der Waals surface area contributed by atoms with E-state index in [1.54, 1.807) is 20.3 Å². The first kappa shape index (κ1) is 15.4. The summed E-state index contributed by atoms with van der Waals surface area (Å²) in [5.74, 6) is 0.929. The zero-order chi connectivity index (χ0) is 15.2. The Morgan fingerprint density at radius 1 is 1.19 bits per heavy atom. The summed E-state index contributed by atoms with van der Waals surface area (Å²) >= 11 is 5.82. The average Bonchev–Trinajstić information content (AvgIpc) is 2.49. The number of ether oxygens (including phenoxy) is 3. The van der Waals surface area contributed by atoms with Crippen molar-refractivity contribution in [2.45, 2.75) is 6.29 Å². The smallest absolute Gasteiger partial charge is 0.223 e. The van der Waals surface area contributed by atoms with Gasteiger partial charge in [0, 0.05) is 31.4 Å². The summed E-state index contributed by atoms with van der Waals surface area (Å²) < 4.78 is 16.2. The molecule has 0 atom stereocenters. The number of aromatic nitrogens is 2. The van der Waals surface area contributed by atoms with E-state index in [4.69, 9.17) is 25.8 Å². The second-order valence-electron chi connectivity index (χ2n) is 4.11. The average molecular weight is 307 g/mol. The second-order valence-corrected chi connectivity index (χ2v) is 4.49. The lowest BCUT2D eigenvalue weighted by Crippen LogP contribution is -2.14. The van der Waals surface area contributed by atoms with Gasteiger partial charge < -0.3 is 14.2 Å². The van der Waals surface area contributed by atoms with E-state index >= 15 is 0 Å². The Bertz CT molecular complexity index is 630. The lowest BCUT2D eigenvalue weighted by atomic mass is 10.1. The summed E-state index contributed by atoms with van der Waals surface area (Å²) in [5.41, 5.74) is 1.41. The van der Waals surface area contributed by atoms with Crippen LogP contribution < -0.4 is 4.74 Å². The minimum absolute atomic E-state index is 0.308. The van der Waals surface area contributed by atoms with Gasteiger partial charge in [-0.1, -0.05) is 36.4 Å². The standard InChI is InChI=1S/C15H15ClN2O3/c1-10(15(19-2)20-3)11-6-4-5-7-12(11)21-14-8-13(16)17-9-18-14/h4-9,15H,1H2,2-3H3. The van der Waals surface area contributed by atoms with Crippen molar-refractivity contribution in [1.29, 1.82) is 0 Å². The molecule has 0 aliphatic carbocycles. The molecule has 0 saturated carbocycles. The van der Waals surface area contributed by atoms with Crippen molar-refractivity contribution in [3.05, 3.63) is 54.0 Å². The molecular weight excluding hydrogens is 292 g/mol. The molecule has 5 nitrogen and oxygen atoms in total. The Balaban J connectivity index is 2.31. The summed E-state index contributed by atoms with van der Waals surface area (Å²) in [5, 5.41) is 0.308. The molecule has 0 spiro atoms. The first-order chi connectivity index (χ1) is 10.2. The highest BCUT2D eigenvalue weighted by molar-refractivity contribution is 6.29. The van der Waals surface area contributed by atoms with Crippen LogP contribution in [0.4, 0.5) is 0 Å². The maximum absolute atomic E-state index is 5.82. The van der Waals surface area contributed by atoms with Gasteiger partial charge in [-0.05, 0) is 6.07 Å². The number of halogens is 1. The van der Waals surface area contributed by atoms with Crippen molar-refractivity contribution in [3.8, 4) is 11.6 Å². The third-order valence-electron chi connectivity index (χ3n) is 2.77. The van der Waals surface area contributed by atoms with E-state index in [1.165, 1.54) is 12.4 Å². The minimum atomic E-state index is -0.552. The van der Waals surface area contributed by atoms with Crippen LogP contribution in [-0.2, 0) is 9.47 Å². The van der Waals surface area contributed by atoms with Crippen molar-refractivity contribution in [2.24, 2.45) is 0 Å². The highest BCUT2D eigenvalue weighted by Gasteiger charge is 2.16. The van der Waals surface area contributed by atoms with E-state index in [1.807, 2.05) is 18.2 Å². The van der Waals surface area contributed by atoms with Crippen molar-refractivity contribution < 1.29 is 14.2 Å². The van der Waals surface area contributed by atoms with E-state index in [9.17, 15) is 0 Å². The zero-order valence-electron chi connectivity index (χ0n) is 11.7. The SMILES string of the molecule is C=C(c1ccccc1Oc1cc(Cl)ncn1)C(OC)OC. The van der Waals surface area contributed by atoms with E-state index in [0.717, 1.165) is 5.56 Å². The van der Waals surface area contributed by atoms with Gasteiger partial charge in [0.05, 0.1) is 0 Å². The normalized spacial score (nSPS) is 10.7. The van der Waals surface area contributed by atoms with Crippen LogP contribution in [0.25, 0.3) is 5.57 Å². The Labute approximate surface area is 128 Å². The summed E-state index contributed by atoms with van der Waals surface area (Å²) in [6, 6.07) is 8.93. The number of rotatable bonds is 6. The van der Waals surface area contributed by atoms with Crippen molar-refractivity contribution in [2.75, 3.05) is 14.2 Å². The lowest BCUT2D eigenvalue weighted by Gasteiger charge is -2.18. The van der Waals surface area contributed by atoms with Gasteiger partial charge in [0.25, 0.3) is 0 Å². The molecule has 110 valence electrons. The van der Waals surface area contributed by atoms with E-state index in [0.29, 0.717) is 22.4 Å². The van der Waals surface area contributed by atoms with Crippen LogP contribution in [0.3, 0.4) is 0 Å². The fourth-order valence-corrected chi connectivity index (χ4v) is 1.95. The molecule has 0 aliphatic heterocycles. The number of nitrogens with zero attached hydrogens (tertiary/aromatic N) is 2. The molecule has 0 saturated heterocycles. The second kappa shape index (κ2) is 7.17. The van der Waals surface area contributed by atoms with Crippen molar-refractivity contribution in [1.82, 2.24) is 9.97 Å². The number of hydrogen-bond acceptors (Lipinski definition) is 5. The van der Waals surface area contributed by atoms with Gasteiger partial charge in [0.15, 0.2) is 6.29 Å². The van der Waals surface area contributed by atoms with Gasteiger partial charge in [-0.2, -0.15) is 0 Å². The zero-order valence-corrected chi connectivity index (χ0v) is 12.5. The monoisotopic (exact) mass is 306 g/mol. The van der Waals surface area contributed by atoms with Crippen LogP contribution in [0, 0.1) is 0 Å². The van der Waals surface area contributed by atoms with E-state index in [2.05, 4.69) is 16.5 Å². The third-order valence-corrected chi connectivity index (χ3v) is 2.98. The molecule has 2 rings (SSSR count). The Kier molecular flexibility index (Phi) is 5.27. The first-order valence-electron chi connectivity index (χ1n) is 6.15. The van der Waals surface area contributed by atoms with E-state index < -0.39 is 6.29 Å². The largest absolute Gasteiger partial charge is 0.438 e. The van der Waals surface area contributed by atoms with Crippen LogP contribution >= 0.6 is 11.6 Å². The van der Waals surface area contributed by atoms with Gasteiger partial charge >= 0.3 is 0 Å². The van der Waals surface area contributed by atoms with Crippen LogP contribution in [-0.4, -0.2) is 30.5 Å². The number of benzene rings is 1. The van der Waals surface area contributed by atoms with Gasteiger partial charge in [0.2, 0.25) is 5.88 Å². The van der Waals surface area contributed by atoms with Gasteiger partial charge in [-0.3, -0.25) is 0 Å². The molecule has 0 radical (unpaired) electrons. The van der Waals surface area contributed by atoms with Crippen LogP contribution in [0.15, 0.2) is 43.2 Å². The molecule has 0 aliphatic rings. The highest BCUT2D eigenvalue weighted by atomic mass is 35.5. The summed E-state index contributed by atoms with van der Waals surface area (Å²) in [7, 11) is 3.10. The van der Waals surface area contributed by atoms with Crippen molar-refractivity contribution in [3.63, 3.8) is 0 Å². The molecular formula is C15H15ClN2O3. The molecule has 0 fully saturated rings. The summed E-state index contributed by atoms with van der Waals surface area (Å²) in [4.78, 5) is 7.82. The third kappa shape index (κ3) is 3.78. The molecule has 1 heterocycles. The predicted octanol–water partition coefficient (Wildman–Crippen LogP) is 3.55. The quantitative estimate of drug-likeness (QED) is 0.603. The summed E-state index contributed by atoms with van der Waals surface area (Å²) in [6.07, 6.45) is 0.783. The van der Waals surface area contributed by atoms with Crippen LogP contribution in [0.1, 0.15) is 5.56 Å². The topological polar surface area (TPSA) is 53.5 Å². The van der Waals surface area contributed by atoms with Crippen molar-refractivity contribution >= 4 is 17.2 Å². The van der Waals surface area contributed by atoms with Gasteiger partial charge in [0.1, 0.15) is 17.2 Å². The number of para-hydroxylation sites is 1. The molecule has 0 bridgehead atoms. The number of methoxy groups -OCH3 is 2. The predicted molar refractivity (Wildman–Crippen MR) is 80.4 cm³/mol. The fraction of sp³-hybridized carbons (Fsp3) is 0.200. The molecule has 2 aromatic rings. The summed E-state index contributed by atoms with van der Waals surface area (Å²) in [6.45, 7) is 4.00. The molecule has 0 unspecified atom stereocenters. The Hall–Kier alpha value is -1.95. The van der Waals surface area contributed by atoms with E-state index in [-0.39, 0.29) is 0 Å². The minimum Gasteiger partial charge on any atom is -0.438 e. The highest BCUT2D eigenvalue weighted by Crippen LogP contribution is 2.31. The molecule has 1 aromatic heterocycles. The lowest BCUT2D eigenvalue weighted by molar-refractivity contribution is -0.0588. The fourth-order valence-electron chi connectivity index (χ4n) is 1.81. The Morgan fingerprint density at radius 2 is 1.90 bits per heavy atom.